The van der Waals surface area contributed by atoms with E-state index < -0.39 is 6.04 Å². The van der Waals surface area contributed by atoms with Crippen molar-refractivity contribution in [1.29, 1.82) is 0 Å². The van der Waals surface area contributed by atoms with E-state index in [1.165, 1.54) is 18.4 Å². The molecule has 1 aromatic carbocycles. The predicted octanol–water partition coefficient (Wildman–Crippen LogP) is 4.73. The quantitative estimate of drug-likeness (QED) is 0.758. The summed E-state index contributed by atoms with van der Waals surface area (Å²) in [5.41, 5.74) is 7.38. The molecule has 1 aromatic rings. The number of hydrogen-bond donors (Lipinski definition) is 1. The van der Waals surface area contributed by atoms with Crippen LogP contribution in [0.2, 0.25) is 0 Å². The Bertz CT molecular complexity index is 514. The van der Waals surface area contributed by atoms with E-state index >= 15 is 0 Å². The highest BCUT2D eigenvalue weighted by Gasteiger charge is 2.32. The normalized spacial score (nSPS) is 28.1. The van der Waals surface area contributed by atoms with Crippen molar-refractivity contribution >= 4 is 5.97 Å². The number of benzene rings is 1. The van der Waals surface area contributed by atoms with Gasteiger partial charge in [0.05, 0.1) is 0 Å². The monoisotopic (exact) mass is 345 g/mol. The summed E-state index contributed by atoms with van der Waals surface area (Å²) in [5, 5.41) is 0. The minimum Gasteiger partial charge on any atom is -0.461 e. The van der Waals surface area contributed by atoms with Crippen LogP contribution in [-0.2, 0) is 16.0 Å². The second-order valence-electron chi connectivity index (χ2n) is 8.11. The molecule has 2 rings (SSSR count). The molecule has 1 aliphatic rings. The van der Waals surface area contributed by atoms with Crippen molar-refractivity contribution in [2.45, 2.75) is 77.9 Å². The average Bonchev–Trinajstić information content (AvgIpc) is 2.62. The second-order valence-corrected chi connectivity index (χ2v) is 8.11. The van der Waals surface area contributed by atoms with Crippen LogP contribution in [0.15, 0.2) is 30.3 Å². The smallest absolute Gasteiger partial charge is 0.323 e. The van der Waals surface area contributed by atoms with Gasteiger partial charge in [-0.3, -0.25) is 4.79 Å². The first-order valence-electron chi connectivity index (χ1n) is 9.97. The van der Waals surface area contributed by atoms with Crippen LogP contribution in [0.5, 0.6) is 0 Å². The van der Waals surface area contributed by atoms with E-state index in [0.717, 1.165) is 32.1 Å². The zero-order valence-corrected chi connectivity index (χ0v) is 16.1. The van der Waals surface area contributed by atoms with Gasteiger partial charge in [-0.1, -0.05) is 50.6 Å². The van der Waals surface area contributed by atoms with Gasteiger partial charge in [0, 0.05) is 0 Å². The molecule has 1 saturated heterocycles. The van der Waals surface area contributed by atoms with Gasteiger partial charge in [-0.2, -0.15) is 0 Å². The summed E-state index contributed by atoms with van der Waals surface area (Å²) >= 11 is 0. The number of ether oxygens (including phenoxy) is 1. The zero-order valence-electron chi connectivity index (χ0n) is 16.1. The first-order valence-corrected chi connectivity index (χ1v) is 9.97. The Kier molecular flexibility index (Phi) is 7.95. The fraction of sp³-hybridized carbons (Fsp3) is 0.682. The van der Waals surface area contributed by atoms with Gasteiger partial charge < -0.3 is 10.5 Å². The number of nitrogens with two attached hydrogens (primary N) is 1. The maximum Gasteiger partial charge on any atom is 0.323 e. The summed E-state index contributed by atoms with van der Waals surface area (Å²) in [7, 11) is 0. The van der Waals surface area contributed by atoms with Crippen molar-refractivity contribution < 1.29 is 9.53 Å². The predicted molar refractivity (Wildman–Crippen MR) is 103 cm³/mol. The summed E-state index contributed by atoms with van der Waals surface area (Å²) in [5.74, 6) is 1.44. The maximum absolute atomic E-state index is 12.1. The standard InChI is InChI=1S/C22H35NO2/c1-16(2)15-20-17(3)25-22(24)21(23)14-8-13-19(20)12-7-11-18-9-5-4-6-10-18/h4-6,9-10,16-17,19-21H,7-8,11-15,23H2,1-3H3/t17-,19-,20-,21-/m0/s1. The van der Waals surface area contributed by atoms with E-state index in [1.807, 2.05) is 0 Å². The number of aryl methyl sites for hydroxylation is 1. The Morgan fingerprint density at radius 3 is 2.60 bits per heavy atom. The number of esters is 1. The molecule has 0 aliphatic carbocycles. The fourth-order valence-corrected chi connectivity index (χ4v) is 4.17. The molecule has 0 aromatic heterocycles. The third-order valence-corrected chi connectivity index (χ3v) is 5.53. The topological polar surface area (TPSA) is 52.3 Å². The zero-order chi connectivity index (χ0) is 18.2. The average molecular weight is 346 g/mol. The lowest BCUT2D eigenvalue weighted by atomic mass is 9.77. The minimum atomic E-state index is -0.454. The van der Waals surface area contributed by atoms with Gasteiger partial charge >= 0.3 is 5.97 Å². The largest absolute Gasteiger partial charge is 0.461 e. The Morgan fingerprint density at radius 1 is 1.20 bits per heavy atom. The number of cyclic esters (lactones) is 1. The first kappa shape index (κ1) is 20.0. The molecule has 0 radical (unpaired) electrons. The van der Waals surface area contributed by atoms with Gasteiger partial charge in [0.15, 0.2) is 0 Å². The van der Waals surface area contributed by atoms with Crippen LogP contribution in [0.4, 0.5) is 0 Å². The molecule has 2 N–H and O–H groups in total. The van der Waals surface area contributed by atoms with E-state index in [0.29, 0.717) is 17.8 Å². The molecule has 1 heterocycles. The van der Waals surface area contributed by atoms with Crippen molar-refractivity contribution in [3.8, 4) is 0 Å². The van der Waals surface area contributed by atoms with Crippen LogP contribution >= 0.6 is 0 Å². The molecule has 3 heteroatoms. The molecule has 3 nitrogen and oxygen atoms in total. The Balaban J connectivity index is 2.02. The van der Waals surface area contributed by atoms with Gasteiger partial charge in [0.25, 0.3) is 0 Å². The van der Waals surface area contributed by atoms with Crippen LogP contribution in [0.3, 0.4) is 0 Å². The second kappa shape index (κ2) is 9.96. The SMILES string of the molecule is CC(C)C[C@@H]1[C@@H](CCCc2ccccc2)CCC[C@H](N)C(=O)O[C@H]1C. The lowest BCUT2D eigenvalue weighted by Crippen LogP contribution is -2.36. The van der Waals surface area contributed by atoms with E-state index in [9.17, 15) is 4.79 Å². The highest BCUT2D eigenvalue weighted by molar-refractivity contribution is 5.75. The molecule has 0 amide bonds. The summed E-state index contributed by atoms with van der Waals surface area (Å²) in [6.07, 6.45) is 7.50. The lowest BCUT2D eigenvalue weighted by molar-refractivity contribution is -0.153. The Labute approximate surface area is 153 Å². The molecule has 0 spiro atoms. The highest BCUT2D eigenvalue weighted by Crippen LogP contribution is 2.34. The molecule has 1 aliphatic heterocycles. The summed E-state index contributed by atoms with van der Waals surface area (Å²) < 4.78 is 5.73. The first-order chi connectivity index (χ1) is 12.0. The lowest BCUT2D eigenvalue weighted by Gasteiger charge is -2.32. The van der Waals surface area contributed by atoms with Crippen molar-refractivity contribution in [3.05, 3.63) is 35.9 Å². The number of carbonyl (C=O) groups is 1. The molecule has 0 unspecified atom stereocenters. The third-order valence-electron chi connectivity index (χ3n) is 5.53. The van der Waals surface area contributed by atoms with E-state index in [4.69, 9.17) is 10.5 Å². The van der Waals surface area contributed by atoms with Crippen LogP contribution < -0.4 is 5.73 Å². The minimum absolute atomic E-state index is 0.0409. The van der Waals surface area contributed by atoms with Gasteiger partial charge in [-0.25, -0.2) is 0 Å². The van der Waals surface area contributed by atoms with Gasteiger partial charge in [0.2, 0.25) is 0 Å². The summed E-state index contributed by atoms with van der Waals surface area (Å²) in [6, 6.07) is 10.3. The maximum atomic E-state index is 12.1. The van der Waals surface area contributed by atoms with Crippen molar-refractivity contribution in [2.24, 2.45) is 23.5 Å². The molecule has 0 saturated carbocycles. The Hall–Kier alpha value is -1.35. The Morgan fingerprint density at radius 2 is 1.92 bits per heavy atom. The molecule has 4 atom stereocenters. The fourth-order valence-electron chi connectivity index (χ4n) is 4.17. The highest BCUT2D eigenvalue weighted by atomic mass is 16.5. The van der Waals surface area contributed by atoms with E-state index in [2.05, 4.69) is 51.1 Å². The number of hydrogen-bond acceptors (Lipinski definition) is 3. The number of carbonyl (C=O) groups excluding carboxylic acids is 1. The molecule has 25 heavy (non-hydrogen) atoms. The third kappa shape index (κ3) is 6.47. The van der Waals surface area contributed by atoms with Crippen LogP contribution in [0, 0.1) is 17.8 Å². The van der Waals surface area contributed by atoms with Crippen molar-refractivity contribution in [3.63, 3.8) is 0 Å². The van der Waals surface area contributed by atoms with Crippen molar-refractivity contribution in [2.75, 3.05) is 0 Å². The molecule has 140 valence electrons. The van der Waals surface area contributed by atoms with Crippen LogP contribution in [0.1, 0.15) is 64.9 Å². The summed E-state index contributed by atoms with van der Waals surface area (Å²) in [6.45, 7) is 6.58. The van der Waals surface area contributed by atoms with Crippen molar-refractivity contribution in [1.82, 2.24) is 0 Å². The molecular formula is C22H35NO2. The van der Waals surface area contributed by atoms with E-state index in [1.54, 1.807) is 0 Å². The molecule has 0 bridgehead atoms. The molecule has 1 fully saturated rings. The van der Waals surface area contributed by atoms with Gasteiger partial charge in [-0.05, 0) is 68.8 Å². The van der Waals surface area contributed by atoms with Crippen LogP contribution in [-0.4, -0.2) is 18.1 Å². The molecular weight excluding hydrogens is 310 g/mol. The number of rotatable bonds is 6. The van der Waals surface area contributed by atoms with Crippen LogP contribution in [0.25, 0.3) is 0 Å². The van der Waals surface area contributed by atoms with E-state index in [-0.39, 0.29) is 12.1 Å². The van der Waals surface area contributed by atoms with Gasteiger partial charge in [0.1, 0.15) is 12.1 Å². The van der Waals surface area contributed by atoms with Gasteiger partial charge in [-0.15, -0.1) is 0 Å². The summed E-state index contributed by atoms with van der Waals surface area (Å²) in [4.78, 5) is 12.1.